The lowest BCUT2D eigenvalue weighted by Crippen LogP contribution is -2.32. The standard InChI is InChI=1S/C22H24ClN5O3/c1-15-13-20(27-17-5-9-18(30-2)10-6-17)28-22(26-15)25-12-11-24-21(29)14-31-19-7-3-16(23)4-8-19/h3-10,13H,11-12,14H2,1-2H3,(H,24,29)(H2,25,26,27,28). The van der Waals surface area contributed by atoms with Crippen molar-refractivity contribution in [3.63, 3.8) is 0 Å². The molecule has 0 saturated heterocycles. The summed E-state index contributed by atoms with van der Waals surface area (Å²) in [6, 6.07) is 16.2. The highest BCUT2D eigenvalue weighted by Gasteiger charge is 2.05. The lowest BCUT2D eigenvalue weighted by atomic mass is 10.3. The van der Waals surface area contributed by atoms with Gasteiger partial charge in [0.2, 0.25) is 5.95 Å². The second-order valence-corrected chi connectivity index (χ2v) is 7.03. The van der Waals surface area contributed by atoms with E-state index < -0.39 is 0 Å². The SMILES string of the molecule is COc1ccc(Nc2cc(C)nc(NCCNC(=O)COc3ccc(Cl)cc3)n2)cc1. The van der Waals surface area contributed by atoms with Crippen LogP contribution in [0.25, 0.3) is 0 Å². The number of amides is 1. The smallest absolute Gasteiger partial charge is 0.258 e. The molecule has 0 bridgehead atoms. The maximum absolute atomic E-state index is 11.9. The minimum Gasteiger partial charge on any atom is -0.497 e. The fraction of sp³-hybridized carbons (Fsp3) is 0.227. The van der Waals surface area contributed by atoms with Gasteiger partial charge in [-0.05, 0) is 55.5 Å². The van der Waals surface area contributed by atoms with Crippen molar-refractivity contribution in [3.05, 3.63) is 65.3 Å². The van der Waals surface area contributed by atoms with Crippen LogP contribution in [0.2, 0.25) is 5.02 Å². The number of nitrogens with one attached hydrogen (secondary N) is 3. The van der Waals surface area contributed by atoms with Gasteiger partial charge in [0, 0.05) is 35.6 Å². The van der Waals surface area contributed by atoms with E-state index in [1.807, 2.05) is 37.3 Å². The topological polar surface area (TPSA) is 97.4 Å². The summed E-state index contributed by atoms with van der Waals surface area (Å²) in [6.07, 6.45) is 0. The molecule has 162 valence electrons. The lowest BCUT2D eigenvalue weighted by molar-refractivity contribution is -0.123. The summed E-state index contributed by atoms with van der Waals surface area (Å²) < 4.78 is 10.6. The zero-order valence-corrected chi connectivity index (χ0v) is 18.1. The van der Waals surface area contributed by atoms with Crippen LogP contribution < -0.4 is 25.4 Å². The molecule has 0 fully saturated rings. The Bertz CT molecular complexity index is 997. The predicted octanol–water partition coefficient (Wildman–Crippen LogP) is 3.80. The van der Waals surface area contributed by atoms with E-state index in [2.05, 4.69) is 25.9 Å². The summed E-state index contributed by atoms with van der Waals surface area (Å²) in [5.41, 5.74) is 1.70. The van der Waals surface area contributed by atoms with Crippen molar-refractivity contribution >= 4 is 35.0 Å². The van der Waals surface area contributed by atoms with Crippen LogP contribution in [0.3, 0.4) is 0 Å². The van der Waals surface area contributed by atoms with E-state index >= 15 is 0 Å². The number of hydrogen-bond acceptors (Lipinski definition) is 7. The highest BCUT2D eigenvalue weighted by Crippen LogP contribution is 2.20. The van der Waals surface area contributed by atoms with Gasteiger partial charge in [-0.1, -0.05) is 11.6 Å². The molecule has 0 atom stereocenters. The van der Waals surface area contributed by atoms with Crippen LogP contribution in [-0.2, 0) is 4.79 Å². The molecule has 2 aromatic carbocycles. The van der Waals surface area contributed by atoms with Gasteiger partial charge in [0.1, 0.15) is 17.3 Å². The number of carbonyl (C=O) groups is 1. The minimum atomic E-state index is -0.219. The van der Waals surface area contributed by atoms with Gasteiger partial charge >= 0.3 is 0 Å². The first-order valence-electron chi connectivity index (χ1n) is 9.67. The Labute approximate surface area is 186 Å². The lowest BCUT2D eigenvalue weighted by Gasteiger charge is -2.11. The molecule has 0 aliphatic rings. The van der Waals surface area contributed by atoms with E-state index in [1.54, 1.807) is 31.4 Å². The zero-order chi connectivity index (χ0) is 22.1. The summed E-state index contributed by atoms with van der Waals surface area (Å²) >= 11 is 5.82. The van der Waals surface area contributed by atoms with E-state index in [0.29, 0.717) is 35.6 Å². The third-order valence-electron chi connectivity index (χ3n) is 4.13. The molecule has 0 unspecified atom stereocenters. The van der Waals surface area contributed by atoms with Crippen LogP contribution in [0.5, 0.6) is 11.5 Å². The molecule has 1 aromatic heterocycles. The highest BCUT2D eigenvalue weighted by molar-refractivity contribution is 6.30. The molecule has 1 amide bonds. The normalized spacial score (nSPS) is 10.3. The molecule has 0 aliphatic heterocycles. The Hall–Kier alpha value is -3.52. The molecule has 31 heavy (non-hydrogen) atoms. The Morgan fingerprint density at radius 3 is 2.42 bits per heavy atom. The van der Waals surface area contributed by atoms with Crippen molar-refractivity contribution in [2.75, 3.05) is 37.4 Å². The average molecular weight is 442 g/mol. The summed E-state index contributed by atoms with van der Waals surface area (Å²) in [6.45, 7) is 2.69. The first kappa shape index (κ1) is 22.2. The van der Waals surface area contributed by atoms with Crippen molar-refractivity contribution in [2.24, 2.45) is 0 Å². The van der Waals surface area contributed by atoms with Crippen LogP contribution >= 0.6 is 11.6 Å². The molecule has 3 rings (SSSR count). The van der Waals surface area contributed by atoms with Gasteiger partial charge in [-0.2, -0.15) is 4.98 Å². The number of methoxy groups -OCH3 is 1. The molecule has 0 aliphatic carbocycles. The number of aryl methyl sites for hydroxylation is 1. The molecule has 0 saturated carbocycles. The average Bonchev–Trinajstić information content (AvgIpc) is 2.76. The van der Waals surface area contributed by atoms with Crippen molar-refractivity contribution < 1.29 is 14.3 Å². The predicted molar refractivity (Wildman–Crippen MR) is 121 cm³/mol. The monoisotopic (exact) mass is 441 g/mol. The van der Waals surface area contributed by atoms with Gasteiger partial charge in [0.15, 0.2) is 6.61 Å². The molecule has 9 heteroatoms. The fourth-order valence-corrected chi connectivity index (χ4v) is 2.77. The van der Waals surface area contributed by atoms with E-state index in [0.717, 1.165) is 17.1 Å². The van der Waals surface area contributed by atoms with Gasteiger partial charge < -0.3 is 25.4 Å². The van der Waals surface area contributed by atoms with Crippen LogP contribution in [-0.4, -0.2) is 42.7 Å². The van der Waals surface area contributed by atoms with Crippen LogP contribution in [0.4, 0.5) is 17.5 Å². The fourth-order valence-electron chi connectivity index (χ4n) is 2.64. The third-order valence-corrected chi connectivity index (χ3v) is 4.38. The number of aromatic nitrogens is 2. The molecular weight excluding hydrogens is 418 g/mol. The third kappa shape index (κ3) is 7.35. The Kier molecular flexibility index (Phi) is 7.89. The van der Waals surface area contributed by atoms with Crippen LogP contribution in [0.15, 0.2) is 54.6 Å². The molecule has 8 nitrogen and oxygen atoms in total. The number of ether oxygens (including phenoxy) is 2. The number of halogens is 1. The van der Waals surface area contributed by atoms with E-state index in [4.69, 9.17) is 21.1 Å². The highest BCUT2D eigenvalue weighted by atomic mass is 35.5. The zero-order valence-electron chi connectivity index (χ0n) is 17.3. The van der Waals surface area contributed by atoms with Gasteiger partial charge in [-0.3, -0.25) is 4.79 Å². The number of nitrogens with zero attached hydrogens (tertiary/aromatic N) is 2. The molecule has 1 heterocycles. The summed E-state index contributed by atoms with van der Waals surface area (Å²) in [5, 5.41) is 9.75. The molecule has 3 N–H and O–H groups in total. The quantitative estimate of drug-likeness (QED) is 0.412. The number of rotatable bonds is 10. The van der Waals surface area contributed by atoms with E-state index in [9.17, 15) is 4.79 Å². The van der Waals surface area contributed by atoms with E-state index in [-0.39, 0.29) is 12.5 Å². The summed E-state index contributed by atoms with van der Waals surface area (Å²) in [5.74, 6) is 2.29. The van der Waals surface area contributed by atoms with Gasteiger partial charge in [0.25, 0.3) is 5.91 Å². The number of carbonyl (C=O) groups excluding carboxylic acids is 1. The Balaban J connectivity index is 1.43. The van der Waals surface area contributed by atoms with Gasteiger partial charge in [0.05, 0.1) is 7.11 Å². The van der Waals surface area contributed by atoms with Gasteiger partial charge in [-0.25, -0.2) is 4.98 Å². The maximum Gasteiger partial charge on any atom is 0.258 e. The molecular formula is C22H24ClN5O3. The first-order chi connectivity index (χ1) is 15.0. The maximum atomic E-state index is 11.9. The number of hydrogen-bond donors (Lipinski definition) is 3. The molecule has 0 radical (unpaired) electrons. The van der Waals surface area contributed by atoms with Crippen molar-refractivity contribution in [1.29, 1.82) is 0 Å². The Morgan fingerprint density at radius 2 is 1.71 bits per heavy atom. The Morgan fingerprint density at radius 1 is 1.00 bits per heavy atom. The van der Waals surface area contributed by atoms with Crippen molar-refractivity contribution in [3.8, 4) is 11.5 Å². The summed E-state index contributed by atoms with van der Waals surface area (Å²) in [7, 11) is 1.63. The molecule has 0 spiro atoms. The van der Waals surface area contributed by atoms with Gasteiger partial charge in [-0.15, -0.1) is 0 Å². The van der Waals surface area contributed by atoms with Crippen LogP contribution in [0.1, 0.15) is 5.69 Å². The molecule has 3 aromatic rings. The van der Waals surface area contributed by atoms with Crippen LogP contribution in [0, 0.1) is 6.92 Å². The second kappa shape index (κ2) is 11.0. The number of anilines is 3. The first-order valence-corrected chi connectivity index (χ1v) is 10.1. The number of benzene rings is 2. The second-order valence-electron chi connectivity index (χ2n) is 6.59. The van der Waals surface area contributed by atoms with E-state index in [1.165, 1.54) is 0 Å². The largest absolute Gasteiger partial charge is 0.497 e. The summed E-state index contributed by atoms with van der Waals surface area (Å²) in [4.78, 5) is 20.7. The van der Waals surface area contributed by atoms with Crippen molar-refractivity contribution in [2.45, 2.75) is 6.92 Å². The minimum absolute atomic E-state index is 0.0709. The van der Waals surface area contributed by atoms with Crippen molar-refractivity contribution in [1.82, 2.24) is 15.3 Å².